The Morgan fingerprint density at radius 3 is 2.20 bits per heavy atom. The average Bonchev–Trinajstić information content (AvgIpc) is 1.91. The lowest BCUT2D eigenvalue weighted by atomic mass is 9.97. The van der Waals surface area contributed by atoms with Crippen molar-refractivity contribution in [3.05, 3.63) is 0 Å². The lowest BCUT2D eigenvalue weighted by Gasteiger charge is -2.17. The van der Waals surface area contributed by atoms with Crippen LogP contribution in [0.4, 0.5) is 0 Å². The normalized spacial score (nSPS) is 16.8. The molecule has 2 nitrogen and oxygen atoms in total. The van der Waals surface area contributed by atoms with Crippen LogP contribution in [0.25, 0.3) is 0 Å². The van der Waals surface area contributed by atoms with Gasteiger partial charge in [-0.3, -0.25) is 0 Å². The minimum Gasteiger partial charge on any atom is -0.396 e. The highest BCUT2D eigenvalue weighted by Gasteiger charge is 2.14. The van der Waals surface area contributed by atoms with Crippen LogP contribution in [0.3, 0.4) is 0 Å². The third-order valence-corrected chi connectivity index (χ3v) is 1.89. The molecule has 0 bridgehead atoms. The van der Waals surface area contributed by atoms with E-state index < -0.39 is 0 Å². The molecular formula is C8H18O2. The van der Waals surface area contributed by atoms with Gasteiger partial charge in [-0.15, -0.1) is 0 Å². The first-order valence-electron chi connectivity index (χ1n) is 4.05. The van der Waals surface area contributed by atoms with Gasteiger partial charge >= 0.3 is 0 Å². The summed E-state index contributed by atoms with van der Waals surface area (Å²) in [5.41, 5.74) is 0. The molecule has 0 aliphatic rings. The van der Waals surface area contributed by atoms with E-state index in [-0.39, 0.29) is 18.6 Å². The fraction of sp³-hybridized carbons (Fsp3) is 1.00. The molecule has 0 amide bonds. The number of hydrogen-bond acceptors (Lipinski definition) is 2. The molecule has 2 N–H and O–H groups in total. The molecule has 1 unspecified atom stereocenters. The molecule has 0 aromatic carbocycles. The second-order valence-corrected chi connectivity index (χ2v) is 2.71. The van der Waals surface area contributed by atoms with E-state index in [9.17, 15) is 5.11 Å². The van der Waals surface area contributed by atoms with Gasteiger partial charge in [-0.25, -0.2) is 0 Å². The standard InChI is InChI=1S/C8H18O2/c1-3-5-8(10)7(4-2)6-9/h7-10H,3-6H2,1-2H3/t7?,8-/m0/s1. The summed E-state index contributed by atoms with van der Waals surface area (Å²) < 4.78 is 0. The highest BCUT2D eigenvalue weighted by molar-refractivity contribution is 4.65. The zero-order valence-electron chi connectivity index (χ0n) is 6.88. The number of rotatable bonds is 5. The quantitative estimate of drug-likeness (QED) is 0.611. The molecule has 0 aliphatic carbocycles. The Bertz CT molecular complexity index is 69.7. The summed E-state index contributed by atoms with van der Waals surface area (Å²) in [6.45, 7) is 4.13. The largest absolute Gasteiger partial charge is 0.396 e. The Balaban J connectivity index is 3.53. The molecule has 0 heterocycles. The third kappa shape index (κ3) is 3.18. The topological polar surface area (TPSA) is 40.5 Å². The minimum atomic E-state index is -0.306. The van der Waals surface area contributed by atoms with E-state index in [2.05, 4.69) is 0 Å². The van der Waals surface area contributed by atoms with Crippen molar-refractivity contribution in [3.63, 3.8) is 0 Å². The van der Waals surface area contributed by atoms with Crippen molar-refractivity contribution in [1.82, 2.24) is 0 Å². The zero-order valence-corrected chi connectivity index (χ0v) is 6.88. The maximum atomic E-state index is 9.35. The summed E-state index contributed by atoms with van der Waals surface area (Å²) in [6.07, 6.45) is 2.34. The summed E-state index contributed by atoms with van der Waals surface area (Å²) in [5, 5.41) is 18.1. The van der Waals surface area contributed by atoms with E-state index in [0.29, 0.717) is 0 Å². The Morgan fingerprint density at radius 1 is 1.30 bits per heavy atom. The minimum absolute atomic E-state index is 0.0833. The Morgan fingerprint density at radius 2 is 1.90 bits per heavy atom. The number of aliphatic hydroxyl groups is 2. The van der Waals surface area contributed by atoms with Crippen LogP contribution in [0.15, 0.2) is 0 Å². The molecule has 0 fully saturated rings. The maximum Gasteiger partial charge on any atom is 0.0590 e. The van der Waals surface area contributed by atoms with E-state index in [1.807, 2.05) is 13.8 Å². The molecular weight excluding hydrogens is 128 g/mol. The van der Waals surface area contributed by atoms with Crippen molar-refractivity contribution in [2.75, 3.05) is 6.61 Å². The Labute approximate surface area is 62.9 Å². The van der Waals surface area contributed by atoms with E-state index in [4.69, 9.17) is 5.11 Å². The van der Waals surface area contributed by atoms with Gasteiger partial charge in [0.2, 0.25) is 0 Å². The van der Waals surface area contributed by atoms with Gasteiger partial charge < -0.3 is 10.2 Å². The van der Waals surface area contributed by atoms with Crippen molar-refractivity contribution >= 4 is 0 Å². The molecule has 2 heteroatoms. The van der Waals surface area contributed by atoms with Crippen LogP contribution in [0.5, 0.6) is 0 Å². The summed E-state index contributed by atoms with van der Waals surface area (Å²) in [7, 11) is 0. The fourth-order valence-electron chi connectivity index (χ4n) is 1.05. The lowest BCUT2D eigenvalue weighted by Crippen LogP contribution is -2.22. The molecule has 0 spiro atoms. The zero-order chi connectivity index (χ0) is 7.98. The average molecular weight is 146 g/mol. The van der Waals surface area contributed by atoms with Crippen molar-refractivity contribution < 1.29 is 10.2 Å². The van der Waals surface area contributed by atoms with Gasteiger partial charge in [-0.1, -0.05) is 20.3 Å². The van der Waals surface area contributed by atoms with Crippen molar-refractivity contribution in [2.24, 2.45) is 5.92 Å². The van der Waals surface area contributed by atoms with Crippen LogP contribution < -0.4 is 0 Å². The summed E-state index contributed by atoms with van der Waals surface area (Å²) in [5.74, 6) is 0.0833. The molecule has 10 heavy (non-hydrogen) atoms. The van der Waals surface area contributed by atoms with E-state index in [1.54, 1.807) is 0 Å². The molecule has 0 aromatic heterocycles. The first-order chi connectivity index (χ1) is 4.76. The number of aliphatic hydroxyl groups excluding tert-OH is 2. The second kappa shape index (κ2) is 5.69. The first-order valence-corrected chi connectivity index (χ1v) is 4.05. The van der Waals surface area contributed by atoms with Gasteiger partial charge in [-0.05, 0) is 12.8 Å². The van der Waals surface area contributed by atoms with Crippen LogP contribution in [0.2, 0.25) is 0 Å². The monoisotopic (exact) mass is 146 g/mol. The van der Waals surface area contributed by atoms with Gasteiger partial charge in [0.15, 0.2) is 0 Å². The fourth-order valence-corrected chi connectivity index (χ4v) is 1.05. The predicted molar refractivity (Wildman–Crippen MR) is 41.8 cm³/mol. The molecule has 0 saturated carbocycles. The molecule has 0 saturated heterocycles. The summed E-state index contributed by atoms with van der Waals surface area (Å²) in [4.78, 5) is 0. The van der Waals surface area contributed by atoms with Gasteiger partial charge in [0.05, 0.1) is 6.10 Å². The highest BCUT2D eigenvalue weighted by atomic mass is 16.3. The van der Waals surface area contributed by atoms with Gasteiger partial charge in [0, 0.05) is 12.5 Å². The maximum absolute atomic E-state index is 9.35. The van der Waals surface area contributed by atoms with E-state index >= 15 is 0 Å². The second-order valence-electron chi connectivity index (χ2n) is 2.71. The molecule has 62 valence electrons. The predicted octanol–water partition coefficient (Wildman–Crippen LogP) is 1.17. The Hall–Kier alpha value is -0.0800. The van der Waals surface area contributed by atoms with E-state index in [1.165, 1.54) is 0 Å². The van der Waals surface area contributed by atoms with E-state index in [0.717, 1.165) is 19.3 Å². The van der Waals surface area contributed by atoms with Crippen LogP contribution >= 0.6 is 0 Å². The Kier molecular flexibility index (Phi) is 5.64. The van der Waals surface area contributed by atoms with Gasteiger partial charge in [0.1, 0.15) is 0 Å². The highest BCUT2D eigenvalue weighted by Crippen LogP contribution is 2.11. The lowest BCUT2D eigenvalue weighted by molar-refractivity contribution is 0.0584. The van der Waals surface area contributed by atoms with Crippen molar-refractivity contribution in [3.8, 4) is 0 Å². The third-order valence-electron chi connectivity index (χ3n) is 1.89. The smallest absolute Gasteiger partial charge is 0.0590 e. The van der Waals surface area contributed by atoms with Crippen LogP contribution in [0.1, 0.15) is 33.1 Å². The molecule has 0 radical (unpaired) electrons. The SMILES string of the molecule is CCC[C@H](O)C(CC)CO. The first kappa shape index (κ1) is 9.92. The summed E-state index contributed by atoms with van der Waals surface area (Å²) >= 11 is 0. The van der Waals surface area contributed by atoms with Crippen LogP contribution in [-0.4, -0.2) is 22.9 Å². The molecule has 0 aliphatic heterocycles. The summed E-state index contributed by atoms with van der Waals surface area (Å²) in [6, 6.07) is 0. The van der Waals surface area contributed by atoms with Gasteiger partial charge in [-0.2, -0.15) is 0 Å². The molecule has 0 aromatic rings. The van der Waals surface area contributed by atoms with Crippen LogP contribution in [0, 0.1) is 5.92 Å². The molecule has 0 rings (SSSR count). The van der Waals surface area contributed by atoms with Gasteiger partial charge in [0.25, 0.3) is 0 Å². The van der Waals surface area contributed by atoms with Crippen LogP contribution in [-0.2, 0) is 0 Å². The molecule has 2 atom stereocenters. The van der Waals surface area contributed by atoms with Crippen molar-refractivity contribution in [2.45, 2.75) is 39.2 Å². The number of hydrogen-bond donors (Lipinski definition) is 2. The van der Waals surface area contributed by atoms with Crippen molar-refractivity contribution in [1.29, 1.82) is 0 Å².